The van der Waals surface area contributed by atoms with Crippen molar-refractivity contribution < 1.29 is 19.1 Å². The van der Waals surface area contributed by atoms with Crippen LogP contribution in [0.15, 0.2) is 18.2 Å². The molecule has 0 N–H and O–H groups in total. The van der Waals surface area contributed by atoms with Crippen molar-refractivity contribution in [3.05, 3.63) is 34.3 Å². The van der Waals surface area contributed by atoms with Crippen LogP contribution in [0.2, 0.25) is 5.02 Å². The summed E-state index contributed by atoms with van der Waals surface area (Å²) in [5.41, 5.74) is 1.24. The minimum Gasteiger partial charge on any atom is -0.448 e. The second-order valence-electron chi connectivity index (χ2n) is 5.90. The molecule has 0 radical (unpaired) electrons. The third kappa shape index (κ3) is 2.96. The molecule has 0 bridgehead atoms. The molecule has 2 heterocycles. The zero-order valence-corrected chi connectivity index (χ0v) is 13.3. The van der Waals surface area contributed by atoms with Crippen LogP contribution >= 0.6 is 11.6 Å². The van der Waals surface area contributed by atoms with E-state index in [1.54, 1.807) is 23.1 Å². The highest BCUT2D eigenvalue weighted by molar-refractivity contribution is 6.31. The summed E-state index contributed by atoms with van der Waals surface area (Å²) in [6.45, 7) is 4.90. The fraction of sp³-hybridized carbons (Fsp3) is 0.500. The van der Waals surface area contributed by atoms with Crippen molar-refractivity contribution >= 4 is 23.5 Å². The molecule has 0 unspecified atom stereocenters. The van der Waals surface area contributed by atoms with Gasteiger partial charge in [-0.15, -0.1) is 0 Å². The molecule has 5 nitrogen and oxygen atoms in total. The van der Waals surface area contributed by atoms with Crippen LogP contribution in [0.1, 0.15) is 29.8 Å². The molecule has 1 aromatic carbocycles. The van der Waals surface area contributed by atoms with Crippen LogP contribution in [-0.4, -0.2) is 48.2 Å². The first kappa shape index (κ1) is 15.3. The largest absolute Gasteiger partial charge is 0.448 e. The van der Waals surface area contributed by atoms with Gasteiger partial charge in [0.25, 0.3) is 5.91 Å². The molecule has 118 valence electrons. The SMILES string of the molecule is C[C@H]1CN(C(=O)[C@@H]2Cc3ccc(Cl)cc3C(=O)O2)C[C@H](C)O1. The molecule has 1 aromatic rings. The van der Waals surface area contributed by atoms with Crippen LogP contribution in [0, 0.1) is 0 Å². The zero-order chi connectivity index (χ0) is 15.9. The van der Waals surface area contributed by atoms with E-state index in [2.05, 4.69) is 0 Å². The molecule has 0 aliphatic carbocycles. The van der Waals surface area contributed by atoms with E-state index in [4.69, 9.17) is 21.1 Å². The van der Waals surface area contributed by atoms with Crippen LogP contribution in [0.25, 0.3) is 0 Å². The fourth-order valence-corrected chi connectivity index (χ4v) is 3.22. The normalized spacial score (nSPS) is 28.0. The van der Waals surface area contributed by atoms with Gasteiger partial charge >= 0.3 is 5.97 Å². The van der Waals surface area contributed by atoms with Gasteiger partial charge in [-0.2, -0.15) is 0 Å². The number of fused-ring (bicyclic) bond motifs is 1. The van der Waals surface area contributed by atoms with Gasteiger partial charge in [0.15, 0.2) is 6.10 Å². The van der Waals surface area contributed by atoms with Crippen molar-refractivity contribution in [2.75, 3.05) is 13.1 Å². The molecule has 2 aliphatic heterocycles. The molecular weight excluding hydrogens is 306 g/mol. The Morgan fingerprint density at radius 1 is 1.27 bits per heavy atom. The van der Waals surface area contributed by atoms with Crippen molar-refractivity contribution in [2.24, 2.45) is 0 Å². The summed E-state index contributed by atoms with van der Waals surface area (Å²) in [5.74, 6) is -0.646. The summed E-state index contributed by atoms with van der Waals surface area (Å²) >= 11 is 5.90. The topological polar surface area (TPSA) is 55.8 Å². The van der Waals surface area contributed by atoms with Crippen molar-refractivity contribution in [2.45, 2.75) is 38.6 Å². The fourth-order valence-electron chi connectivity index (χ4n) is 3.05. The summed E-state index contributed by atoms with van der Waals surface area (Å²) in [6.07, 6.45) is -0.410. The third-order valence-corrected chi connectivity index (χ3v) is 4.19. The van der Waals surface area contributed by atoms with E-state index in [-0.39, 0.29) is 18.1 Å². The Morgan fingerprint density at radius 3 is 2.64 bits per heavy atom. The Kier molecular flexibility index (Phi) is 4.10. The lowest BCUT2D eigenvalue weighted by atomic mass is 9.97. The average Bonchev–Trinajstić information content (AvgIpc) is 2.46. The maximum Gasteiger partial charge on any atom is 0.339 e. The molecule has 3 rings (SSSR count). The van der Waals surface area contributed by atoms with Crippen molar-refractivity contribution in [3.8, 4) is 0 Å². The first-order valence-electron chi connectivity index (χ1n) is 7.37. The number of benzene rings is 1. The number of carbonyl (C=O) groups is 2. The second-order valence-corrected chi connectivity index (χ2v) is 6.34. The minimum absolute atomic E-state index is 0.0157. The highest BCUT2D eigenvalue weighted by atomic mass is 35.5. The zero-order valence-electron chi connectivity index (χ0n) is 12.5. The molecule has 1 amide bonds. The minimum atomic E-state index is -0.765. The van der Waals surface area contributed by atoms with Crippen LogP contribution in [0.4, 0.5) is 0 Å². The highest BCUT2D eigenvalue weighted by Gasteiger charge is 2.36. The van der Waals surface area contributed by atoms with Crippen LogP contribution in [-0.2, 0) is 20.7 Å². The summed E-state index contributed by atoms with van der Waals surface area (Å²) in [7, 11) is 0. The van der Waals surface area contributed by atoms with E-state index in [1.165, 1.54) is 0 Å². The number of ether oxygens (including phenoxy) is 2. The van der Waals surface area contributed by atoms with Gasteiger partial charge in [0.05, 0.1) is 17.8 Å². The number of rotatable bonds is 1. The molecule has 2 aliphatic rings. The number of cyclic esters (lactones) is 1. The maximum absolute atomic E-state index is 12.6. The van der Waals surface area contributed by atoms with E-state index in [0.717, 1.165) is 5.56 Å². The van der Waals surface area contributed by atoms with Gasteiger partial charge in [-0.3, -0.25) is 4.79 Å². The van der Waals surface area contributed by atoms with Gasteiger partial charge in [-0.05, 0) is 31.5 Å². The number of esters is 1. The lowest BCUT2D eigenvalue weighted by Crippen LogP contribution is -2.53. The molecule has 6 heteroatoms. The first-order valence-corrected chi connectivity index (χ1v) is 7.75. The highest BCUT2D eigenvalue weighted by Crippen LogP contribution is 2.25. The molecule has 0 spiro atoms. The second kappa shape index (κ2) is 5.89. The van der Waals surface area contributed by atoms with Gasteiger partial charge in [0, 0.05) is 24.5 Å². The molecule has 0 aromatic heterocycles. The number of amides is 1. The van der Waals surface area contributed by atoms with Crippen LogP contribution in [0.3, 0.4) is 0 Å². The van der Waals surface area contributed by atoms with E-state index in [1.807, 2.05) is 13.8 Å². The van der Waals surface area contributed by atoms with Crippen LogP contribution < -0.4 is 0 Å². The predicted molar refractivity (Wildman–Crippen MR) is 80.9 cm³/mol. The summed E-state index contributed by atoms with van der Waals surface area (Å²) < 4.78 is 11.0. The summed E-state index contributed by atoms with van der Waals surface area (Å²) in [4.78, 5) is 26.4. The maximum atomic E-state index is 12.6. The van der Waals surface area contributed by atoms with Crippen LogP contribution in [0.5, 0.6) is 0 Å². The number of nitrogens with zero attached hydrogens (tertiary/aromatic N) is 1. The standard InChI is InChI=1S/C16H18ClNO4/c1-9-7-18(8-10(2)21-9)15(19)14-5-11-3-4-12(17)6-13(11)16(20)22-14/h3-4,6,9-10,14H,5,7-8H2,1-2H3/t9-,10-,14-/m0/s1. The third-order valence-electron chi connectivity index (χ3n) is 3.95. The molecule has 22 heavy (non-hydrogen) atoms. The number of carbonyl (C=O) groups excluding carboxylic acids is 2. The quantitative estimate of drug-likeness (QED) is 0.742. The van der Waals surface area contributed by atoms with Gasteiger partial charge < -0.3 is 14.4 Å². The van der Waals surface area contributed by atoms with E-state index in [0.29, 0.717) is 30.1 Å². The summed E-state index contributed by atoms with van der Waals surface area (Å²) in [5, 5.41) is 0.483. The number of hydrogen-bond acceptors (Lipinski definition) is 4. The lowest BCUT2D eigenvalue weighted by Gasteiger charge is -2.37. The van der Waals surface area contributed by atoms with Crippen molar-refractivity contribution in [3.63, 3.8) is 0 Å². The molecular formula is C16H18ClNO4. The van der Waals surface area contributed by atoms with Gasteiger partial charge in [0.1, 0.15) is 0 Å². The smallest absolute Gasteiger partial charge is 0.339 e. The monoisotopic (exact) mass is 323 g/mol. The number of halogens is 1. The van der Waals surface area contributed by atoms with Gasteiger partial charge in [-0.25, -0.2) is 4.79 Å². The average molecular weight is 324 g/mol. The Hall–Kier alpha value is -1.59. The Morgan fingerprint density at radius 2 is 1.95 bits per heavy atom. The first-order chi connectivity index (χ1) is 10.4. The van der Waals surface area contributed by atoms with Gasteiger partial charge in [0.2, 0.25) is 0 Å². The summed E-state index contributed by atoms with van der Waals surface area (Å²) in [6, 6.07) is 5.08. The van der Waals surface area contributed by atoms with Gasteiger partial charge in [-0.1, -0.05) is 17.7 Å². The molecule has 1 fully saturated rings. The predicted octanol–water partition coefficient (Wildman–Crippen LogP) is 2.06. The Balaban J connectivity index is 1.77. The van der Waals surface area contributed by atoms with Crippen molar-refractivity contribution in [1.29, 1.82) is 0 Å². The van der Waals surface area contributed by atoms with E-state index >= 15 is 0 Å². The number of hydrogen-bond donors (Lipinski definition) is 0. The molecule has 3 atom stereocenters. The number of morpholine rings is 1. The molecule has 0 saturated carbocycles. The Bertz CT molecular complexity index is 608. The van der Waals surface area contributed by atoms with Crippen molar-refractivity contribution in [1.82, 2.24) is 4.90 Å². The lowest BCUT2D eigenvalue weighted by molar-refractivity contribution is -0.152. The van der Waals surface area contributed by atoms with E-state index < -0.39 is 12.1 Å². The van der Waals surface area contributed by atoms with E-state index in [9.17, 15) is 9.59 Å². The Labute approximate surface area is 134 Å². The molecule has 1 saturated heterocycles.